The molecule has 1 heterocycles. The summed E-state index contributed by atoms with van der Waals surface area (Å²) in [5.74, 6) is 1.35. The molecule has 1 aromatic carbocycles. The molecule has 3 heteroatoms. The summed E-state index contributed by atoms with van der Waals surface area (Å²) in [7, 11) is 1.84. The number of rotatable bonds is 2. The van der Waals surface area contributed by atoms with Gasteiger partial charge in [-0.05, 0) is 35.8 Å². The summed E-state index contributed by atoms with van der Waals surface area (Å²) in [6.45, 7) is 2.32. The van der Waals surface area contributed by atoms with E-state index in [1.54, 1.807) is 11.8 Å². The van der Waals surface area contributed by atoms with Crippen LogP contribution in [-0.2, 0) is 17.8 Å². The summed E-state index contributed by atoms with van der Waals surface area (Å²) in [5, 5.41) is 0. The molecular formula is C13H17NOS. The van der Waals surface area contributed by atoms with Crippen LogP contribution in [0.1, 0.15) is 24.5 Å². The van der Waals surface area contributed by atoms with E-state index in [1.807, 2.05) is 18.8 Å². The van der Waals surface area contributed by atoms with Crippen molar-refractivity contribution < 1.29 is 4.79 Å². The molecule has 86 valence electrons. The first-order valence-electron chi connectivity index (χ1n) is 5.63. The van der Waals surface area contributed by atoms with Crippen LogP contribution in [0.4, 0.5) is 0 Å². The lowest BCUT2D eigenvalue weighted by Gasteiger charge is -2.19. The Bertz CT molecular complexity index is 403. The number of fused-ring (bicyclic) bond motifs is 1. The molecule has 0 unspecified atom stereocenters. The highest BCUT2D eigenvalue weighted by Gasteiger charge is 2.11. The summed E-state index contributed by atoms with van der Waals surface area (Å²) in [6, 6.07) is 6.58. The lowest BCUT2D eigenvalue weighted by Crippen LogP contribution is -2.23. The second kappa shape index (κ2) is 4.91. The van der Waals surface area contributed by atoms with Gasteiger partial charge in [-0.1, -0.05) is 12.1 Å². The van der Waals surface area contributed by atoms with Crippen LogP contribution in [0.25, 0.3) is 0 Å². The molecule has 0 fully saturated rings. The summed E-state index contributed by atoms with van der Waals surface area (Å²) >= 11 is 1.94. The number of nitrogens with zero attached hydrogens (tertiary/aromatic N) is 1. The van der Waals surface area contributed by atoms with Crippen molar-refractivity contribution in [2.24, 2.45) is 0 Å². The number of carbonyl (C=O) groups excluding carboxylic acids is 1. The van der Waals surface area contributed by atoms with Gasteiger partial charge in [-0.2, -0.15) is 0 Å². The first kappa shape index (κ1) is 11.5. The normalized spacial score (nSPS) is 14.4. The Morgan fingerprint density at radius 3 is 3.06 bits per heavy atom. The third kappa shape index (κ3) is 2.59. The van der Waals surface area contributed by atoms with Gasteiger partial charge in [0.1, 0.15) is 0 Å². The highest BCUT2D eigenvalue weighted by molar-refractivity contribution is 7.99. The summed E-state index contributed by atoms with van der Waals surface area (Å²) in [6.07, 6.45) is 2.45. The summed E-state index contributed by atoms with van der Waals surface area (Å²) < 4.78 is 0. The Balaban J connectivity index is 2.14. The SMILES string of the molecule is CC(=O)N(C)Cc1ccc2c(c1)CCCS2. The van der Waals surface area contributed by atoms with Crippen LogP contribution >= 0.6 is 11.8 Å². The predicted molar refractivity (Wildman–Crippen MR) is 67.6 cm³/mol. The average Bonchev–Trinajstić information content (AvgIpc) is 2.28. The van der Waals surface area contributed by atoms with Gasteiger partial charge in [0.15, 0.2) is 0 Å². The molecule has 1 aromatic rings. The quantitative estimate of drug-likeness (QED) is 0.785. The Hall–Kier alpha value is -0.960. The number of thioether (sulfide) groups is 1. The number of hydrogen-bond acceptors (Lipinski definition) is 2. The van der Waals surface area contributed by atoms with E-state index in [-0.39, 0.29) is 5.91 Å². The van der Waals surface area contributed by atoms with E-state index in [0.29, 0.717) is 6.54 Å². The van der Waals surface area contributed by atoms with Crippen LogP contribution < -0.4 is 0 Å². The van der Waals surface area contributed by atoms with Crippen molar-refractivity contribution in [2.75, 3.05) is 12.8 Å². The third-order valence-electron chi connectivity index (χ3n) is 2.93. The van der Waals surface area contributed by atoms with E-state index in [4.69, 9.17) is 0 Å². The lowest BCUT2D eigenvalue weighted by molar-refractivity contribution is -0.128. The molecule has 1 aliphatic heterocycles. The van der Waals surface area contributed by atoms with Crippen molar-refractivity contribution in [1.82, 2.24) is 4.90 Å². The molecule has 1 aliphatic rings. The smallest absolute Gasteiger partial charge is 0.219 e. The van der Waals surface area contributed by atoms with Crippen LogP contribution in [0.5, 0.6) is 0 Å². The molecule has 0 saturated heterocycles. The first-order valence-corrected chi connectivity index (χ1v) is 6.61. The van der Waals surface area contributed by atoms with E-state index in [9.17, 15) is 4.79 Å². The molecule has 0 aliphatic carbocycles. The van der Waals surface area contributed by atoms with Gasteiger partial charge >= 0.3 is 0 Å². The topological polar surface area (TPSA) is 20.3 Å². The predicted octanol–water partition coefficient (Wildman–Crippen LogP) is 2.70. The standard InChI is InChI=1S/C13H17NOS/c1-10(15)14(2)9-11-5-6-13-12(8-11)4-3-7-16-13/h5-6,8H,3-4,7,9H2,1-2H3. The van der Waals surface area contributed by atoms with Crippen LogP contribution in [0.15, 0.2) is 23.1 Å². The number of benzene rings is 1. The fourth-order valence-electron chi connectivity index (χ4n) is 1.90. The maximum Gasteiger partial charge on any atom is 0.219 e. The molecule has 2 nitrogen and oxygen atoms in total. The van der Waals surface area contributed by atoms with Crippen LogP contribution in [-0.4, -0.2) is 23.6 Å². The molecule has 0 N–H and O–H groups in total. The number of amides is 1. The van der Waals surface area contributed by atoms with Gasteiger partial charge in [0.25, 0.3) is 0 Å². The molecule has 0 atom stereocenters. The Morgan fingerprint density at radius 1 is 1.50 bits per heavy atom. The van der Waals surface area contributed by atoms with E-state index < -0.39 is 0 Å². The number of hydrogen-bond donors (Lipinski definition) is 0. The highest BCUT2D eigenvalue weighted by Crippen LogP contribution is 2.30. The molecule has 16 heavy (non-hydrogen) atoms. The number of aryl methyl sites for hydroxylation is 1. The van der Waals surface area contributed by atoms with Crippen LogP contribution in [0, 0.1) is 0 Å². The highest BCUT2D eigenvalue weighted by atomic mass is 32.2. The molecule has 2 rings (SSSR count). The maximum atomic E-state index is 11.2. The monoisotopic (exact) mass is 235 g/mol. The van der Waals surface area contributed by atoms with Gasteiger partial charge in [-0.25, -0.2) is 0 Å². The summed E-state index contributed by atoms with van der Waals surface area (Å²) in [4.78, 5) is 14.3. The number of carbonyl (C=O) groups is 1. The minimum atomic E-state index is 0.118. The molecule has 0 aromatic heterocycles. The van der Waals surface area contributed by atoms with E-state index in [0.717, 1.165) is 0 Å². The zero-order chi connectivity index (χ0) is 11.5. The maximum absolute atomic E-state index is 11.2. The Labute approximate surface area is 101 Å². The van der Waals surface area contributed by atoms with Gasteiger partial charge in [-0.3, -0.25) is 4.79 Å². The van der Waals surface area contributed by atoms with Gasteiger partial charge < -0.3 is 4.90 Å². The summed E-state index contributed by atoms with van der Waals surface area (Å²) in [5.41, 5.74) is 2.68. The Morgan fingerprint density at radius 2 is 2.31 bits per heavy atom. The van der Waals surface area contributed by atoms with E-state index >= 15 is 0 Å². The van der Waals surface area contributed by atoms with Crippen LogP contribution in [0.2, 0.25) is 0 Å². The van der Waals surface area contributed by atoms with E-state index in [2.05, 4.69) is 18.2 Å². The van der Waals surface area contributed by atoms with Crippen molar-refractivity contribution >= 4 is 17.7 Å². The van der Waals surface area contributed by atoms with Gasteiger partial charge in [0, 0.05) is 25.4 Å². The fraction of sp³-hybridized carbons (Fsp3) is 0.462. The van der Waals surface area contributed by atoms with Crippen molar-refractivity contribution in [2.45, 2.75) is 31.2 Å². The van der Waals surface area contributed by atoms with Gasteiger partial charge in [0.2, 0.25) is 5.91 Å². The zero-order valence-corrected chi connectivity index (χ0v) is 10.6. The second-order valence-corrected chi connectivity index (χ2v) is 5.41. The van der Waals surface area contributed by atoms with Crippen LogP contribution in [0.3, 0.4) is 0 Å². The molecular weight excluding hydrogens is 218 g/mol. The van der Waals surface area contributed by atoms with Crippen molar-refractivity contribution in [1.29, 1.82) is 0 Å². The van der Waals surface area contributed by atoms with Crippen molar-refractivity contribution in [3.05, 3.63) is 29.3 Å². The average molecular weight is 235 g/mol. The van der Waals surface area contributed by atoms with E-state index in [1.165, 1.54) is 34.6 Å². The molecule has 1 amide bonds. The largest absolute Gasteiger partial charge is 0.342 e. The molecule has 0 radical (unpaired) electrons. The fourth-order valence-corrected chi connectivity index (χ4v) is 2.92. The van der Waals surface area contributed by atoms with Gasteiger partial charge in [0.05, 0.1) is 0 Å². The third-order valence-corrected chi connectivity index (χ3v) is 4.13. The lowest BCUT2D eigenvalue weighted by atomic mass is 10.1. The minimum Gasteiger partial charge on any atom is -0.342 e. The zero-order valence-electron chi connectivity index (χ0n) is 9.82. The molecule has 0 bridgehead atoms. The molecule has 0 spiro atoms. The van der Waals surface area contributed by atoms with Crippen molar-refractivity contribution in [3.63, 3.8) is 0 Å². The second-order valence-electron chi connectivity index (χ2n) is 4.27. The van der Waals surface area contributed by atoms with Gasteiger partial charge in [-0.15, -0.1) is 11.8 Å². The molecule has 0 saturated carbocycles. The first-order chi connectivity index (χ1) is 7.66. The minimum absolute atomic E-state index is 0.118. The van der Waals surface area contributed by atoms with Crippen molar-refractivity contribution in [3.8, 4) is 0 Å². The Kier molecular flexibility index (Phi) is 3.54.